The highest BCUT2D eigenvalue weighted by molar-refractivity contribution is 7.80. The largest absolute Gasteiger partial charge is 0.370 e. The third-order valence-electron chi connectivity index (χ3n) is 2.92. The van der Waals surface area contributed by atoms with Crippen LogP contribution < -0.4 is 15.6 Å². The minimum atomic E-state index is 0.609. The fourth-order valence-corrected chi connectivity index (χ4v) is 2.01. The van der Waals surface area contributed by atoms with E-state index in [1.54, 1.807) is 4.90 Å². The fraction of sp³-hybridized carbons (Fsp3) is 0.833. The van der Waals surface area contributed by atoms with Crippen LogP contribution in [-0.4, -0.2) is 50.2 Å². The van der Waals surface area contributed by atoms with Crippen LogP contribution in [0.1, 0.15) is 26.7 Å². The molecule has 1 aliphatic heterocycles. The van der Waals surface area contributed by atoms with Gasteiger partial charge in [0.1, 0.15) is 13.1 Å². The Morgan fingerprint density at radius 1 is 1.39 bits per heavy atom. The zero-order valence-corrected chi connectivity index (χ0v) is 12.2. The quantitative estimate of drug-likeness (QED) is 0.348. The lowest BCUT2D eigenvalue weighted by Crippen LogP contribution is -3.14. The van der Waals surface area contributed by atoms with Crippen molar-refractivity contribution in [3.8, 4) is 0 Å². The van der Waals surface area contributed by atoms with E-state index in [1.165, 1.54) is 0 Å². The molecule has 1 saturated heterocycles. The minimum Gasteiger partial charge on any atom is -0.370 e. The molecule has 0 spiro atoms. The van der Waals surface area contributed by atoms with Crippen molar-refractivity contribution >= 4 is 23.0 Å². The summed E-state index contributed by atoms with van der Waals surface area (Å²) in [6.45, 7) is 10.0. The van der Waals surface area contributed by atoms with Gasteiger partial charge in [0.25, 0.3) is 0 Å². The Balaban J connectivity index is 2.07. The Morgan fingerprint density at radius 2 is 2.11 bits per heavy atom. The van der Waals surface area contributed by atoms with E-state index >= 15 is 0 Å². The number of thiocarbonyl (C=S) groups is 1. The van der Waals surface area contributed by atoms with E-state index in [2.05, 4.69) is 22.8 Å². The van der Waals surface area contributed by atoms with Gasteiger partial charge in [0.15, 0.2) is 5.11 Å². The Bertz CT molecular complexity index is 277. The van der Waals surface area contributed by atoms with Crippen molar-refractivity contribution in [1.82, 2.24) is 10.7 Å². The third-order valence-corrected chi connectivity index (χ3v) is 3.16. The summed E-state index contributed by atoms with van der Waals surface area (Å²) < 4.78 is 5.32. The van der Waals surface area contributed by atoms with Gasteiger partial charge in [0, 0.05) is 5.71 Å². The van der Waals surface area contributed by atoms with E-state index in [9.17, 15) is 0 Å². The average molecular weight is 273 g/mol. The lowest BCUT2D eigenvalue weighted by Gasteiger charge is -2.23. The molecule has 0 saturated carbocycles. The summed E-state index contributed by atoms with van der Waals surface area (Å²) >= 11 is 5.16. The van der Waals surface area contributed by atoms with Crippen molar-refractivity contribution in [2.45, 2.75) is 26.7 Å². The lowest BCUT2D eigenvalue weighted by atomic mass is 10.2. The molecular formula is C12H25N4OS+. The molecule has 3 N–H and O–H groups in total. The summed E-state index contributed by atoms with van der Waals surface area (Å²) in [7, 11) is 0. The predicted octanol–water partition coefficient (Wildman–Crippen LogP) is -0.458. The van der Waals surface area contributed by atoms with Gasteiger partial charge in [0.05, 0.1) is 26.3 Å². The zero-order chi connectivity index (χ0) is 13.2. The van der Waals surface area contributed by atoms with E-state index in [0.717, 1.165) is 57.9 Å². The van der Waals surface area contributed by atoms with Crippen LogP contribution in [-0.2, 0) is 4.74 Å². The smallest absolute Gasteiger partial charge is 0.187 e. The maximum absolute atomic E-state index is 5.32. The molecule has 1 rings (SSSR count). The van der Waals surface area contributed by atoms with Crippen molar-refractivity contribution in [3.63, 3.8) is 0 Å². The predicted molar refractivity (Wildman–Crippen MR) is 78.1 cm³/mol. The van der Waals surface area contributed by atoms with Gasteiger partial charge in [-0.3, -0.25) is 5.43 Å². The molecule has 0 radical (unpaired) electrons. The number of nitrogens with one attached hydrogen (secondary N) is 3. The van der Waals surface area contributed by atoms with E-state index < -0.39 is 0 Å². The second-order valence-electron chi connectivity index (χ2n) is 4.58. The topological polar surface area (TPSA) is 50.1 Å². The van der Waals surface area contributed by atoms with E-state index in [1.807, 2.05) is 6.92 Å². The van der Waals surface area contributed by atoms with Gasteiger partial charge in [-0.15, -0.1) is 0 Å². The van der Waals surface area contributed by atoms with Crippen LogP contribution in [0.25, 0.3) is 0 Å². The Kier molecular flexibility index (Phi) is 7.88. The lowest BCUT2D eigenvalue weighted by molar-refractivity contribution is -0.906. The number of nitrogens with zero attached hydrogens (tertiary/aromatic N) is 1. The number of morpholine rings is 1. The van der Waals surface area contributed by atoms with Crippen LogP contribution in [0.15, 0.2) is 5.10 Å². The number of rotatable bonds is 6. The number of hydrogen-bond donors (Lipinski definition) is 3. The van der Waals surface area contributed by atoms with Crippen LogP contribution in [0.3, 0.4) is 0 Å². The maximum atomic E-state index is 5.32. The molecule has 18 heavy (non-hydrogen) atoms. The first-order chi connectivity index (χ1) is 8.72. The molecule has 0 bridgehead atoms. The van der Waals surface area contributed by atoms with E-state index in [-0.39, 0.29) is 0 Å². The summed E-state index contributed by atoms with van der Waals surface area (Å²) in [5.41, 5.74) is 3.96. The Hall–Kier alpha value is -0.720. The SMILES string of the molecule is CCC/C(C)=N\NC(=S)NCC[NH+]1CCOCC1. The normalized spacial score (nSPS) is 17.6. The number of hydrazone groups is 1. The van der Waals surface area contributed by atoms with Crippen molar-refractivity contribution in [2.24, 2.45) is 5.10 Å². The molecule has 0 aromatic rings. The Morgan fingerprint density at radius 3 is 2.78 bits per heavy atom. The fourth-order valence-electron chi connectivity index (χ4n) is 1.87. The number of ether oxygens (including phenoxy) is 1. The van der Waals surface area contributed by atoms with Gasteiger partial charge in [-0.25, -0.2) is 0 Å². The third kappa shape index (κ3) is 6.88. The van der Waals surface area contributed by atoms with Gasteiger partial charge in [-0.1, -0.05) is 13.3 Å². The number of hydrogen-bond acceptors (Lipinski definition) is 3. The van der Waals surface area contributed by atoms with Gasteiger partial charge in [-0.2, -0.15) is 5.10 Å². The molecular weight excluding hydrogens is 248 g/mol. The van der Waals surface area contributed by atoms with E-state index in [4.69, 9.17) is 17.0 Å². The van der Waals surface area contributed by atoms with Crippen molar-refractivity contribution in [2.75, 3.05) is 39.4 Å². The molecule has 0 unspecified atom stereocenters. The Labute approximate surface area is 115 Å². The molecule has 1 aliphatic rings. The van der Waals surface area contributed by atoms with Crippen molar-refractivity contribution in [3.05, 3.63) is 0 Å². The monoisotopic (exact) mass is 273 g/mol. The highest BCUT2D eigenvalue weighted by Crippen LogP contribution is 1.89. The summed E-state index contributed by atoms with van der Waals surface area (Å²) in [6, 6.07) is 0. The molecule has 6 heteroatoms. The van der Waals surface area contributed by atoms with Crippen LogP contribution in [0.4, 0.5) is 0 Å². The second kappa shape index (κ2) is 9.24. The van der Waals surface area contributed by atoms with Crippen LogP contribution >= 0.6 is 12.2 Å². The first-order valence-corrected chi connectivity index (χ1v) is 7.11. The zero-order valence-electron chi connectivity index (χ0n) is 11.4. The summed E-state index contributed by atoms with van der Waals surface area (Å²) in [5.74, 6) is 0. The maximum Gasteiger partial charge on any atom is 0.187 e. The first kappa shape index (κ1) is 15.3. The van der Waals surface area contributed by atoms with Gasteiger partial charge >= 0.3 is 0 Å². The molecule has 1 heterocycles. The molecule has 0 amide bonds. The molecule has 0 atom stereocenters. The summed E-state index contributed by atoms with van der Waals surface area (Å²) in [4.78, 5) is 1.57. The molecule has 1 fully saturated rings. The standard InChI is InChI=1S/C12H24N4OS/c1-3-4-11(2)14-15-12(18)13-5-6-16-7-9-17-10-8-16/h3-10H2,1-2H3,(H2,13,15,18)/p+1/b14-11-. The van der Waals surface area contributed by atoms with E-state index in [0.29, 0.717) is 5.11 Å². The van der Waals surface area contributed by atoms with Crippen LogP contribution in [0, 0.1) is 0 Å². The van der Waals surface area contributed by atoms with Gasteiger partial charge in [-0.05, 0) is 25.6 Å². The summed E-state index contributed by atoms with van der Waals surface area (Å²) in [6.07, 6.45) is 2.12. The summed E-state index contributed by atoms with van der Waals surface area (Å²) in [5, 5.41) is 8.00. The first-order valence-electron chi connectivity index (χ1n) is 6.70. The van der Waals surface area contributed by atoms with Gasteiger partial charge in [0.2, 0.25) is 0 Å². The second-order valence-corrected chi connectivity index (χ2v) is 4.99. The average Bonchev–Trinajstić information content (AvgIpc) is 2.38. The molecule has 0 aromatic carbocycles. The number of quaternary nitrogens is 1. The van der Waals surface area contributed by atoms with Gasteiger partial charge < -0.3 is 15.0 Å². The van der Waals surface area contributed by atoms with Crippen LogP contribution in [0.5, 0.6) is 0 Å². The molecule has 5 nitrogen and oxygen atoms in total. The minimum absolute atomic E-state index is 0.609. The molecule has 0 aliphatic carbocycles. The van der Waals surface area contributed by atoms with Crippen molar-refractivity contribution in [1.29, 1.82) is 0 Å². The van der Waals surface area contributed by atoms with Crippen LogP contribution in [0.2, 0.25) is 0 Å². The van der Waals surface area contributed by atoms with Crippen molar-refractivity contribution < 1.29 is 9.64 Å². The highest BCUT2D eigenvalue weighted by Gasteiger charge is 2.12. The molecule has 0 aromatic heterocycles. The molecule has 104 valence electrons. The highest BCUT2D eigenvalue weighted by atomic mass is 32.1.